The maximum Gasteiger partial charge on any atom is 0.275 e. The minimum absolute atomic E-state index is 0.194. The molecule has 2 amide bonds. The third-order valence-electron chi connectivity index (χ3n) is 5.64. The van der Waals surface area contributed by atoms with E-state index < -0.39 is 0 Å². The lowest BCUT2D eigenvalue weighted by Crippen LogP contribution is -2.39. The lowest BCUT2D eigenvalue weighted by molar-refractivity contribution is -0.129. The number of benzene rings is 2. The molecule has 0 atom stereocenters. The molecule has 0 saturated carbocycles. The van der Waals surface area contributed by atoms with Gasteiger partial charge in [-0.3, -0.25) is 9.59 Å². The molecule has 0 aliphatic carbocycles. The fourth-order valence-electron chi connectivity index (χ4n) is 3.88. The van der Waals surface area contributed by atoms with Crippen molar-refractivity contribution in [2.24, 2.45) is 0 Å². The number of aromatic nitrogens is 1. The van der Waals surface area contributed by atoms with Crippen molar-refractivity contribution in [2.75, 3.05) is 29.9 Å². The first-order valence-electron chi connectivity index (χ1n) is 10.9. The highest BCUT2D eigenvalue weighted by Gasteiger charge is 2.26. The molecule has 2 heterocycles. The number of nitrogens with zero attached hydrogens (tertiary/aromatic N) is 2. The van der Waals surface area contributed by atoms with Gasteiger partial charge < -0.3 is 10.2 Å². The monoisotopic (exact) mass is 465 g/mol. The number of carbonyl (C=O) groups excluding carboxylic acids is 2. The Kier molecular flexibility index (Phi) is 7.60. The van der Waals surface area contributed by atoms with Crippen molar-refractivity contribution in [1.29, 1.82) is 0 Å². The van der Waals surface area contributed by atoms with Gasteiger partial charge >= 0.3 is 0 Å². The highest BCUT2D eigenvalue weighted by atomic mass is 32.2. The highest BCUT2D eigenvalue weighted by Crippen LogP contribution is 2.32. The molecule has 0 radical (unpaired) electrons. The van der Waals surface area contributed by atoms with Gasteiger partial charge in [0, 0.05) is 35.6 Å². The summed E-state index contributed by atoms with van der Waals surface area (Å²) in [5.41, 5.74) is 3.26. The number of thiazole rings is 1. The topological polar surface area (TPSA) is 62.3 Å². The first kappa shape index (κ1) is 22.6. The summed E-state index contributed by atoms with van der Waals surface area (Å²) in [6, 6.07) is 17.8. The molecule has 3 aromatic rings. The van der Waals surface area contributed by atoms with Gasteiger partial charge in [0.25, 0.3) is 5.91 Å². The quantitative estimate of drug-likeness (QED) is 0.499. The molecule has 0 unspecified atom stereocenters. The second-order valence-electron chi connectivity index (χ2n) is 7.73. The summed E-state index contributed by atoms with van der Waals surface area (Å²) in [6.45, 7) is 3.60. The Morgan fingerprint density at radius 1 is 1.09 bits per heavy atom. The second kappa shape index (κ2) is 10.8. The second-order valence-corrected chi connectivity index (χ2v) is 9.89. The summed E-state index contributed by atoms with van der Waals surface area (Å²) in [4.78, 5) is 31.8. The van der Waals surface area contributed by atoms with E-state index in [1.165, 1.54) is 11.3 Å². The van der Waals surface area contributed by atoms with Gasteiger partial charge in [0.1, 0.15) is 5.69 Å². The number of likely N-dealkylation sites (tertiary alicyclic amines) is 1. The number of piperidine rings is 1. The standard InChI is InChI=1S/C25H27N3O2S2/c1-2-31-17-23(29)28-14-12-19(13-15-28)25-27-22(16-32-25)24(30)26-21-11-7-6-10-20(21)18-8-4-3-5-9-18/h3-11,16,19H,2,12-15,17H2,1H3,(H,26,30). The number of hydrogen-bond donors (Lipinski definition) is 1. The zero-order valence-electron chi connectivity index (χ0n) is 18.1. The van der Waals surface area contributed by atoms with E-state index in [-0.39, 0.29) is 11.8 Å². The predicted octanol–water partition coefficient (Wildman–Crippen LogP) is 5.52. The Bertz CT molecular complexity index is 1060. The van der Waals surface area contributed by atoms with Gasteiger partial charge in [-0.25, -0.2) is 4.98 Å². The molecular weight excluding hydrogens is 438 g/mol. The van der Waals surface area contributed by atoms with E-state index in [0.29, 0.717) is 17.4 Å². The summed E-state index contributed by atoms with van der Waals surface area (Å²) in [5.74, 6) is 1.86. The lowest BCUT2D eigenvalue weighted by atomic mass is 9.97. The van der Waals surface area contributed by atoms with Crippen molar-refractivity contribution >= 4 is 40.6 Å². The molecule has 1 aliphatic heterocycles. The van der Waals surface area contributed by atoms with E-state index in [2.05, 4.69) is 17.2 Å². The molecule has 1 saturated heterocycles. The number of hydrogen-bond acceptors (Lipinski definition) is 5. The first-order valence-corrected chi connectivity index (χ1v) is 13.0. The van der Waals surface area contributed by atoms with Crippen LogP contribution in [0.15, 0.2) is 60.0 Å². The number of amides is 2. The van der Waals surface area contributed by atoms with Crippen molar-refractivity contribution in [1.82, 2.24) is 9.88 Å². The Morgan fingerprint density at radius 2 is 1.81 bits per heavy atom. The normalized spacial score (nSPS) is 14.3. The van der Waals surface area contributed by atoms with Crippen LogP contribution in [0.3, 0.4) is 0 Å². The van der Waals surface area contributed by atoms with Gasteiger partial charge in [0.05, 0.1) is 10.8 Å². The van der Waals surface area contributed by atoms with Crippen LogP contribution in [-0.2, 0) is 4.79 Å². The maximum atomic E-state index is 12.9. The molecule has 32 heavy (non-hydrogen) atoms. The molecule has 1 fully saturated rings. The van der Waals surface area contributed by atoms with Crippen molar-refractivity contribution in [3.05, 3.63) is 70.7 Å². The third kappa shape index (κ3) is 5.40. The molecule has 4 rings (SSSR count). The largest absolute Gasteiger partial charge is 0.342 e. The zero-order chi connectivity index (χ0) is 22.3. The number of anilines is 1. The fraction of sp³-hybridized carbons (Fsp3) is 0.320. The van der Waals surface area contributed by atoms with E-state index in [4.69, 9.17) is 0 Å². The Labute approximate surface area is 197 Å². The molecule has 0 bridgehead atoms. The van der Waals surface area contributed by atoms with E-state index in [1.807, 2.05) is 64.9 Å². The van der Waals surface area contributed by atoms with Crippen LogP contribution in [0, 0.1) is 0 Å². The molecule has 1 aromatic heterocycles. The fourth-order valence-corrected chi connectivity index (χ4v) is 5.42. The lowest BCUT2D eigenvalue weighted by Gasteiger charge is -2.31. The van der Waals surface area contributed by atoms with Gasteiger partial charge in [-0.05, 0) is 30.2 Å². The number of nitrogens with one attached hydrogen (secondary N) is 1. The first-order chi connectivity index (χ1) is 15.7. The minimum Gasteiger partial charge on any atom is -0.342 e. The van der Waals surface area contributed by atoms with Crippen molar-refractivity contribution in [3.8, 4) is 11.1 Å². The molecule has 5 nitrogen and oxygen atoms in total. The number of carbonyl (C=O) groups is 2. The van der Waals surface area contributed by atoms with E-state index >= 15 is 0 Å². The van der Waals surface area contributed by atoms with Crippen LogP contribution in [-0.4, -0.2) is 46.3 Å². The number of para-hydroxylation sites is 1. The van der Waals surface area contributed by atoms with Crippen LogP contribution in [0.1, 0.15) is 41.2 Å². The van der Waals surface area contributed by atoms with Crippen molar-refractivity contribution in [3.63, 3.8) is 0 Å². The van der Waals surface area contributed by atoms with Crippen LogP contribution in [0.25, 0.3) is 11.1 Å². The van der Waals surface area contributed by atoms with Crippen molar-refractivity contribution < 1.29 is 9.59 Å². The average molecular weight is 466 g/mol. The summed E-state index contributed by atoms with van der Waals surface area (Å²) in [7, 11) is 0. The van der Waals surface area contributed by atoms with Crippen molar-refractivity contribution in [2.45, 2.75) is 25.7 Å². The molecular formula is C25H27N3O2S2. The van der Waals surface area contributed by atoms with Gasteiger partial charge in [0.2, 0.25) is 5.91 Å². The Balaban J connectivity index is 1.39. The van der Waals surface area contributed by atoms with Crippen LogP contribution in [0.4, 0.5) is 5.69 Å². The average Bonchev–Trinajstić information content (AvgIpc) is 3.34. The smallest absolute Gasteiger partial charge is 0.275 e. The Hall–Kier alpha value is -2.64. The van der Waals surface area contributed by atoms with Gasteiger partial charge in [-0.15, -0.1) is 11.3 Å². The molecule has 1 aliphatic rings. The SMILES string of the molecule is CCSCC(=O)N1CCC(c2nc(C(=O)Nc3ccccc3-c3ccccc3)cs2)CC1. The molecule has 0 spiro atoms. The van der Waals surface area contributed by atoms with Crippen LogP contribution < -0.4 is 5.32 Å². The van der Waals surface area contributed by atoms with Crippen LogP contribution in [0.2, 0.25) is 0 Å². The molecule has 1 N–H and O–H groups in total. The molecule has 2 aromatic carbocycles. The molecule has 166 valence electrons. The van der Waals surface area contributed by atoms with Gasteiger partial charge in [0.15, 0.2) is 0 Å². The predicted molar refractivity (Wildman–Crippen MR) is 133 cm³/mol. The van der Waals surface area contributed by atoms with Crippen LogP contribution in [0.5, 0.6) is 0 Å². The van der Waals surface area contributed by atoms with Crippen LogP contribution >= 0.6 is 23.1 Å². The summed E-state index contributed by atoms with van der Waals surface area (Å²) >= 11 is 3.21. The number of thioether (sulfide) groups is 1. The van der Waals surface area contributed by atoms with Gasteiger partial charge in [-0.1, -0.05) is 55.5 Å². The summed E-state index contributed by atoms with van der Waals surface area (Å²) in [5, 5.41) is 5.86. The van der Waals surface area contributed by atoms with E-state index in [1.54, 1.807) is 11.8 Å². The highest BCUT2D eigenvalue weighted by molar-refractivity contribution is 7.99. The minimum atomic E-state index is -0.194. The van der Waals surface area contributed by atoms with Gasteiger partial charge in [-0.2, -0.15) is 11.8 Å². The zero-order valence-corrected chi connectivity index (χ0v) is 19.8. The number of rotatable bonds is 7. The van der Waals surface area contributed by atoms with E-state index in [9.17, 15) is 9.59 Å². The maximum absolute atomic E-state index is 12.9. The summed E-state index contributed by atoms with van der Waals surface area (Å²) < 4.78 is 0. The molecule has 7 heteroatoms. The summed E-state index contributed by atoms with van der Waals surface area (Å²) in [6.07, 6.45) is 1.79. The van der Waals surface area contributed by atoms with E-state index in [0.717, 1.165) is 53.5 Å². The third-order valence-corrected chi connectivity index (χ3v) is 7.51. The Morgan fingerprint density at radius 3 is 2.56 bits per heavy atom.